The van der Waals surface area contributed by atoms with Crippen LogP contribution in [0.3, 0.4) is 0 Å². The average Bonchev–Trinajstić information content (AvgIpc) is 3.96. The van der Waals surface area contributed by atoms with Crippen LogP contribution in [0.15, 0.2) is 97.1 Å². The maximum absolute atomic E-state index is 2.62. The van der Waals surface area contributed by atoms with Crippen molar-refractivity contribution in [2.75, 3.05) is 0 Å². The maximum Gasteiger partial charge on any atom is 0.240 e. The molecule has 4 aromatic carbocycles. The van der Waals surface area contributed by atoms with Gasteiger partial charge in [0.15, 0.2) is 0 Å². The molecular weight excluding hydrogens is 750 g/mol. The number of aryl methyl sites for hydroxylation is 10. The molecule has 0 amide bonds. The Morgan fingerprint density at radius 2 is 0.536 bits per heavy atom. The second kappa shape index (κ2) is 14.3. The molecule has 276 valence electrons. The van der Waals surface area contributed by atoms with Crippen molar-refractivity contribution in [3.8, 4) is 41.8 Å². The van der Waals surface area contributed by atoms with E-state index in [1.807, 2.05) is 45.3 Å². The molecule has 0 unspecified atom stereocenters. The molecule has 6 heteroatoms. The van der Waals surface area contributed by atoms with Gasteiger partial charge in [-0.05, 0) is 140 Å². The lowest BCUT2D eigenvalue weighted by Gasteiger charge is -2.36. The van der Waals surface area contributed by atoms with Crippen molar-refractivity contribution in [3.05, 3.63) is 150 Å². The number of hydrogen-bond donors (Lipinski definition) is 0. The van der Waals surface area contributed by atoms with Crippen LogP contribution in [-0.2, 0) is 0 Å². The molecule has 1 aliphatic rings. The van der Waals surface area contributed by atoms with Crippen LogP contribution in [0.2, 0.25) is 0 Å². The molecule has 4 aromatic heterocycles. The molecule has 0 radical (unpaired) electrons. The minimum Gasteiger partial charge on any atom is -0.141 e. The van der Waals surface area contributed by atoms with Crippen molar-refractivity contribution in [2.24, 2.45) is 0 Å². The molecule has 5 heterocycles. The zero-order valence-electron chi connectivity index (χ0n) is 34.0. The van der Waals surface area contributed by atoms with E-state index in [4.69, 9.17) is 0 Å². The van der Waals surface area contributed by atoms with Crippen LogP contribution in [0.5, 0.6) is 0 Å². The molecule has 0 aliphatic carbocycles. The molecule has 0 N–H and O–H groups in total. The average molecular weight is 797 g/mol. The molecule has 0 saturated carbocycles. The van der Waals surface area contributed by atoms with Crippen molar-refractivity contribution < 1.29 is 0 Å². The van der Waals surface area contributed by atoms with E-state index in [0.717, 1.165) is 0 Å². The lowest BCUT2D eigenvalue weighted by molar-refractivity contribution is 1.35. The highest BCUT2D eigenvalue weighted by Gasteiger charge is 2.42. The summed E-state index contributed by atoms with van der Waals surface area (Å²) in [5.41, 5.74) is 22.1. The lowest BCUT2D eigenvalue weighted by atomic mass is 9.20. The fraction of sp³-hybridized carbons (Fsp3) is 0.200. The van der Waals surface area contributed by atoms with Gasteiger partial charge in [-0.25, -0.2) is 0 Å². The van der Waals surface area contributed by atoms with E-state index >= 15 is 0 Å². The van der Waals surface area contributed by atoms with Gasteiger partial charge in [0.2, 0.25) is 13.4 Å². The fourth-order valence-electron chi connectivity index (χ4n) is 9.65. The van der Waals surface area contributed by atoms with E-state index in [1.165, 1.54) is 127 Å². The van der Waals surface area contributed by atoms with E-state index < -0.39 is 0 Å². The predicted molar refractivity (Wildman–Crippen MR) is 256 cm³/mol. The molecule has 0 saturated heterocycles. The molecule has 0 spiro atoms. The minimum atomic E-state index is 0.0702. The minimum absolute atomic E-state index is 0.0702. The molecular formula is C50H46B2S4. The highest BCUT2D eigenvalue weighted by molar-refractivity contribution is 7.18. The Bertz CT molecular complexity index is 2460. The zero-order valence-corrected chi connectivity index (χ0v) is 37.3. The van der Waals surface area contributed by atoms with Crippen molar-refractivity contribution in [3.63, 3.8) is 0 Å². The number of hydrogen-bond acceptors (Lipinski definition) is 4. The molecule has 56 heavy (non-hydrogen) atoms. The van der Waals surface area contributed by atoms with Gasteiger partial charge < -0.3 is 0 Å². The summed E-state index contributed by atoms with van der Waals surface area (Å²) >= 11 is 7.65. The van der Waals surface area contributed by atoms with Gasteiger partial charge >= 0.3 is 0 Å². The summed E-state index contributed by atoms with van der Waals surface area (Å²) < 4.78 is 0. The van der Waals surface area contributed by atoms with Gasteiger partial charge in [-0.15, -0.1) is 45.3 Å². The first-order chi connectivity index (χ1) is 26.8. The first-order valence-electron chi connectivity index (χ1n) is 19.6. The molecule has 0 nitrogen and oxygen atoms in total. The summed E-state index contributed by atoms with van der Waals surface area (Å²) in [6, 6.07) is 38.6. The van der Waals surface area contributed by atoms with E-state index in [-0.39, 0.29) is 13.4 Å². The number of thiophene rings is 4. The second-order valence-electron chi connectivity index (χ2n) is 16.2. The second-order valence-corrected chi connectivity index (χ2v) is 21.3. The summed E-state index contributed by atoms with van der Waals surface area (Å²) in [4.78, 5) is 10.7. The van der Waals surface area contributed by atoms with Crippen LogP contribution < -0.4 is 32.8 Å². The number of benzene rings is 4. The highest BCUT2D eigenvalue weighted by atomic mass is 32.1. The molecule has 8 aromatic rings. The van der Waals surface area contributed by atoms with Crippen LogP contribution in [0.25, 0.3) is 41.8 Å². The molecule has 9 rings (SSSR count). The monoisotopic (exact) mass is 796 g/mol. The summed E-state index contributed by atoms with van der Waals surface area (Å²) in [7, 11) is 0. The Balaban J connectivity index is 1.47. The third-order valence-corrected chi connectivity index (χ3v) is 15.9. The Kier molecular flexibility index (Phi) is 9.56. The van der Waals surface area contributed by atoms with Gasteiger partial charge in [-0.1, -0.05) is 115 Å². The van der Waals surface area contributed by atoms with Crippen LogP contribution in [0, 0.1) is 69.2 Å². The topological polar surface area (TPSA) is 0 Å². The third kappa shape index (κ3) is 6.43. The summed E-state index contributed by atoms with van der Waals surface area (Å²) in [5.74, 6) is 0. The van der Waals surface area contributed by atoms with E-state index in [2.05, 4.69) is 166 Å². The van der Waals surface area contributed by atoms with Crippen molar-refractivity contribution in [1.82, 2.24) is 0 Å². The highest BCUT2D eigenvalue weighted by Crippen LogP contribution is 2.41. The summed E-state index contributed by atoms with van der Waals surface area (Å²) in [5, 5.41) is 0. The Morgan fingerprint density at radius 3 is 0.732 bits per heavy atom. The SMILES string of the molecule is Cc1cc(C)c(B2c3cc(-c4ccc(C)s4)c(-c4ccc(C)s4)cc3B(c3c(C)cc(C)cc3C)c3cc(-c4ccc(C)s4)c(-c4ccc(C)s4)cc32)c(C)c1. The predicted octanol–water partition coefficient (Wildman–Crippen LogP) is 11.0. The third-order valence-electron chi connectivity index (χ3n) is 11.8. The Hall–Kier alpha value is -4.19. The largest absolute Gasteiger partial charge is 0.240 e. The molecule has 0 atom stereocenters. The Morgan fingerprint density at radius 1 is 0.304 bits per heavy atom. The van der Waals surface area contributed by atoms with Gasteiger partial charge in [0.1, 0.15) is 0 Å². The van der Waals surface area contributed by atoms with Gasteiger partial charge in [0.05, 0.1) is 0 Å². The Labute approximate surface area is 350 Å². The zero-order chi connectivity index (χ0) is 39.2. The lowest BCUT2D eigenvalue weighted by Crippen LogP contribution is -2.76. The van der Waals surface area contributed by atoms with Gasteiger partial charge in [-0.2, -0.15) is 0 Å². The smallest absolute Gasteiger partial charge is 0.141 e. The number of rotatable bonds is 6. The van der Waals surface area contributed by atoms with Crippen LogP contribution in [0.4, 0.5) is 0 Å². The van der Waals surface area contributed by atoms with E-state index in [1.54, 1.807) is 0 Å². The number of fused-ring (bicyclic) bond motifs is 2. The van der Waals surface area contributed by atoms with Gasteiger partial charge in [-0.3, -0.25) is 0 Å². The standard InChI is InChI=1S/C50H46B2S4/c1-27-19-29(3)49(30(4)20-27)51-41-23-37(45-15-11-33(7)53-45)39(47-17-13-35(9)55-47)25-43(41)52(50-31(5)21-28(2)22-32(50)6)44-26-40(48-18-14-36(10)56-48)38(24-42(44)51)46-16-12-34(8)54-46/h11-26H,1-10H3. The molecule has 1 aliphatic heterocycles. The van der Waals surface area contributed by atoms with Crippen LogP contribution in [-0.4, -0.2) is 13.4 Å². The summed E-state index contributed by atoms with van der Waals surface area (Å²) in [6.45, 7) is 22.9. The van der Waals surface area contributed by atoms with Crippen molar-refractivity contribution in [1.29, 1.82) is 0 Å². The quantitative estimate of drug-likeness (QED) is 0.147. The first-order valence-corrected chi connectivity index (χ1v) is 22.9. The van der Waals surface area contributed by atoms with E-state index in [0.29, 0.717) is 0 Å². The normalized spacial score (nSPS) is 12.4. The summed E-state index contributed by atoms with van der Waals surface area (Å²) in [6.07, 6.45) is 0. The van der Waals surface area contributed by atoms with E-state index in [9.17, 15) is 0 Å². The maximum atomic E-state index is 2.62. The molecule has 0 bridgehead atoms. The first kappa shape index (κ1) is 37.4. The molecule has 0 fully saturated rings. The van der Waals surface area contributed by atoms with Crippen molar-refractivity contribution in [2.45, 2.75) is 69.2 Å². The van der Waals surface area contributed by atoms with Gasteiger partial charge in [0.25, 0.3) is 0 Å². The van der Waals surface area contributed by atoms with Crippen LogP contribution >= 0.6 is 45.3 Å². The fourth-order valence-corrected chi connectivity index (χ4v) is 13.2. The van der Waals surface area contributed by atoms with Crippen LogP contribution in [0.1, 0.15) is 52.9 Å². The van der Waals surface area contributed by atoms with Crippen molar-refractivity contribution >= 4 is 91.5 Å². The van der Waals surface area contributed by atoms with Gasteiger partial charge in [0, 0.05) is 39.0 Å².